The van der Waals surface area contributed by atoms with Crippen LogP contribution in [0.3, 0.4) is 0 Å². The van der Waals surface area contributed by atoms with Gasteiger partial charge in [0.1, 0.15) is 18.4 Å². The van der Waals surface area contributed by atoms with Gasteiger partial charge in [-0.1, -0.05) is 55.5 Å². The molecule has 1 unspecified atom stereocenters. The Labute approximate surface area is 230 Å². The van der Waals surface area contributed by atoms with Crippen molar-refractivity contribution in [3.8, 4) is 0 Å². The zero-order valence-electron chi connectivity index (χ0n) is 22.8. The lowest BCUT2D eigenvalue weighted by Gasteiger charge is -2.34. The van der Waals surface area contributed by atoms with E-state index in [1.165, 1.54) is 17.0 Å². The summed E-state index contributed by atoms with van der Waals surface area (Å²) in [6.07, 6.45) is 0.834. The summed E-state index contributed by atoms with van der Waals surface area (Å²) in [5, 5.41) is 2.95. The highest BCUT2D eigenvalue weighted by Gasteiger charge is 2.34. The van der Waals surface area contributed by atoms with E-state index in [1.807, 2.05) is 58.0 Å². The minimum absolute atomic E-state index is 0.145. The Morgan fingerprint density at radius 3 is 2.00 bits per heavy atom. The molecule has 2 amide bonds. The summed E-state index contributed by atoms with van der Waals surface area (Å²) in [5.74, 6) is -1.39. The standard InChI is InChI=1S/C30H36FN3O4S/c1-5-27(29(36)32-30(2,3)4)33(21-20-23-12-8-6-9-13-23)28(35)22-34(25-14-10-7-11-15-25)39(37,38)26-18-16-24(31)17-19-26/h6-19,27H,5,20-22H2,1-4H3,(H,32,36). The van der Waals surface area contributed by atoms with E-state index >= 15 is 0 Å². The van der Waals surface area contributed by atoms with Gasteiger partial charge in [-0.25, -0.2) is 12.8 Å². The Hall–Kier alpha value is -3.72. The van der Waals surface area contributed by atoms with Crippen molar-refractivity contribution >= 4 is 27.5 Å². The molecule has 1 N–H and O–H groups in total. The summed E-state index contributed by atoms with van der Waals surface area (Å²) in [7, 11) is -4.23. The molecule has 0 aliphatic rings. The Morgan fingerprint density at radius 1 is 0.897 bits per heavy atom. The molecule has 0 saturated heterocycles. The summed E-state index contributed by atoms with van der Waals surface area (Å²) in [5.41, 5.74) is 0.756. The van der Waals surface area contributed by atoms with Gasteiger partial charge in [0, 0.05) is 12.1 Å². The fourth-order valence-corrected chi connectivity index (χ4v) is 5.62. The van der Waals surface area contributed by atoms with E-state index in [4.69, 9.17) is 0 Å². The summed E-state index contributed by atoms with van der Waals surface area (Å²) in [6, 6.07) is 21.5. The number of nitrogens with one attached hydrogen (secondary N) is 1. The van der Waals surface area contributed by atoms with Gasteiger partial charge in [0.25, 0.3) is 10.0 Å². The number of rotatable bonds is 11. The van der Waals surface area contributed by atoms with E-state index < -0.39 is 39.9 Å². The number of para-hydroxylation sites is 1. The average Bonchev–Trinajstić information content (AvgIpc) is 2.89. The normalized spacial score (nSPS) is 12.4. The molecule has 0 aliphatic heterocycles. The van der Waals surface area contributed by atoms with Crippen molar-refractivity contribution in [1.29, 1.82) is 0 Å². The van der Waals surface area contributed by atoms with Crippen LogP contribution in [0.15, 0.2) is 89.8 Å². The number of hydrogen-bond acceptors (Lipinski definition) is 4. The van der Waals surface area contributed by atoms with Gasteiger partial charge in [-0.2, -0.15) is 0 Å². The first-order chi connectivity index (χ1) is 18.4. The second-order valence-electron chi connectivity index (χ2n) is 10.3. The molecule has 0 spiro atoms. The van der Waals surface area contributed by atoms with Gasteiger partial charge >= 0.3 is 0 Å². The molecule has 0 heterocycles. The Bertz CT molecular complexity index is 1340. The van der Waals surface area contributed by atoms with Crippen LogP contribution in [0.25, 0.3) is 0 Å². The van der Waals surface area contributed by atoms with Crippen LogP contribution in [-0.2, 0) is 26.0 Å². The maximum absolute atomic E-state index is 13.9. The number of nitrogens with zero attached hydrogens (tertiary/aromatic N) is 2. The molecule has 3 rings (SSSR count). The average molecular weight is 554 g/mol. The minimum Gasteiger partial charge on any atom is -0.350 e. The van der Waals surface area contributed by atoms with Crippen LogP contribution in [0.1, 0.15) is 39.7 Å². The quantitative estimate of drug-likeness (QED) is 0.370. The van der Waals surface area contributed by atoms with Crippen molar-refractivity contribution in [1.82, 2.24) is 10.2 Å². The number of benzene rings is 3. The molecule has 7 nitrogen and oxygen atoms in total. The largest absolute Gasteiger partial charge is 0.350 e. The van der Waals surface area contributed by atoms with Crippen LogP contribution in [0.4, 0.5) is 10.1 Å². The smallest absolute Gasteiger partial charge is 0.264 e. The highest BCUT2D eigenvalue weighted by atomic mass is 32.2. The molecule has 9 heteroatoms. The van der Waals surface area contributed by atoms with Crippen molar-refractivity contribution < 1.29 is 22.4 Å². The van der Waals surface area contributed by atoms with Gasteiger partial charge in [0.15, 0.2) is 0 Å². The molecule has 39 heavy (non-hydrogen) atoms. The third kappa shape index (κ3) is 8.13. The van der Waals surface area contributed by atoms with Gasteiger partial charge in [-0.15, -0.1) is 0 Å². The van der Waals surface area contributed by atoms with Gasteiger partial charge in [0.05, 0.1) is 10.6 Å². The molecule has 0 radical (unpaired) electrons. The molecule has 0 bridgehead atoms. The van der Waals surface area contributed by atoms with Crippen LogP contribution in [0.5, 0.6) is 0 Å². The topological polar surface area (TPSA) is 86.8 Å². The molecule has 1 atom stereocenters. The molecule has 0 saturated carbocycles. The third-order valence-electron chi connectivity index (χ3n) is 6.09. The maximum atomic E-state index is 13.9. The van der Waals surface area contributed by atoms with E-state index in [-0.39, 0.29) is 23.0 Å². The SMILES string of the molecule is CCC(C(=O)NC(C)(C)C)N(CCc1ccccc1)C(=O)CN(c1ccccc1)S(=O)(=O)c1ccc(F)cc1. The first-order valence-corrected chi connectivity index (χ1v) is 14.3. The number of carbonyl (C=O) groups excluding carboxylic acids is 2. The second kappa shape index (κ2) is 12.9. The van der Waals surface area contributed by atoms with Crippen LogP contribution < -0.4 is 9.62 Å². The number of anilines is 1. The summed E-state index contributed by atoms with van der Waals surface area (Å²) < 4.78 is 42.0. The predicted molar refractivity (Wildman–Crippen MR) is 151 cm³/mol. The zero-order chi connectivity index (χ0) is 28.6. The lowest BCUT2D eigenvalue weighted by atomic mass is 10.1. The Kier molecular flexibility index (Phi) is 9.86. The van der Waals surface area contributed by atoms with Crippen molar-refractivity contribution in [2.45, 2.75) is 57.0 Å². The van der Waals surface area contributed by atoms with Gasteiger partial charge in [-0.3, -0.25) is 13.9 Å². The Balaban J connectivity index is 1.99. The third-order valence-corrected chi connectivity index (χ3v) is 7.88. The Morgan fingerprint density at radius 2 is 1.46 bits per heavy atom. The van der Waals surface area contributed by atoms with Crippen LogP contribution in [-0.4, -0.2) is 49.8 Å². The minimum atomic E-state index is -4.23. The van der Waals surface area contributed by atoms with E-state index in [0.717, 1.165) is 22.0 Å². The second-order valence-corrected chi connectivity index (χ2v) is 12.1. The number of sulfonamides is 1. The molecular formula is C30H36FN3O4S. The van der Waals surface area contributed by atoms with Crippen LogP contribution >= 0.6 is 0 Å². The summed E-state index contributed by atoms with van der Waals surface area (Å²) in [6.45, 7) is 7.09. The number of amides is 2. The summed E-state index contributed by atoms with van der Waals surface area (Å²) >= 11 is 0. The predicted octanol–water partition coefficient (Wildman–Crippen LogP) is 4.79. The van der Waals surface area contributed by atoms with Gasteiger partial charge in [0.2, 0.25) is 11.8 Å². The first kappa shape index (κ1) is 29.8. The lowest BCUT2D eigenvalue weighted by molar-refractivity contribution is -0.140. The van der Waals surface area contributed by atoms with E-state index in [1.54, 1.807) is 30.3 Å². The van der Waals surface area contributed by atoms with E-state index in [0.29, 0.717) is 12.8 Å². The molecule has 3 aromatic carbocycles. The fourth-order valence-electron chi connectivity index (χ4n) is 4.21. The maximum Gasteiger partial charge on any atom is 0.264 e. The van der Waals surface area contributed by atoms with Gasteiger partial charge < -0.3 is 10.2 Å². The number of carbonyl (C=O) groups is 2. The van der Waals surface area contributed by atoms with E-state index in [2.05, 4.69) is 5.32 Å². The molecule has 0 aromatic heterocycles. The van der Waals surface area contributed by atoms with E-state index in [9.17, 15) is 22.4 Å². The highest BCUT2D eigenvalue weighted by molar-refractivity contribution is 7.92. The van der Waals surface area contributed by atoms with Crippen molar-refractivity contribution in [3.63, 3.8) is 0 Å². The monoisotopic (exact) mass is 553 g/mol. The lowest BCUT2D eigenvalue weighted by Crippen LogP contribution is -2.56. The van der Waals surface area contributed by atoms with Gasteiger partial charge in [-0.05, 0) is 75.6 Å². The molecule has 3 aromatic rings. The molecule has 208 valence electrons. The molecular weight excluding hydrogens is 517 g/mol. The fraction of sp³-hybridized carbons (Fsp3) is 0.333. The molecule has 0 fully saturated rings. The van der Waals surface area contributed by atoms with Crippen molar-refractivity contribution in [2.24, 2.45) is 0 Å². The zero-order valence-corrected chi connectivity index (χ0v) is 23.6. The van der Waals surface area contributed by atoms with Crippen molar-refractivity contribution in [3.05, 3.63) is 96.3 Å². The number of hydrogen-bond donors (Lipinski definition) is 1. The van der Waals surface area contributed by atoms with Crippen molar-refractivity contribution in [2.75, 3.05) is 17.4 Å². The summed E-state index contributed by atoms with van der Waals surface area (Å²) in [4.78, 5) is 28.5. The highest BCUT2D eigenvalue weighted by Crippen LogP contribution is 2.24. The van der Waals surface area contributed by atoms with Crippen LogP contribution in [0, 0.1) is 5.82 Å². The number of halogens is 1. The first-order valence-electron chi connectivity index (χ1n) is 12.9. The van der Waals surface area contributed by atoms with Crippen LogP contribution in [0.2, 0.25) is 0 Å². The molecule has 0 aliphatic carbocycles.